The summed E-state index contributed by atoms with van der Waals surface area (Å²) in [5, 5.41) is 11.1. The zero-order valence-electron chi connectivity index (χ0n) is 21.1. The lowest BCUT2D eigenvalue weighted by atomic mass is 9.92. The minimum Gasteiger partial charge on any atom is -0.406 e. The lowest BCUT2D eigenvalue weighted by Crippen LogP contribution is -2.55. The van der Waals surface area contributed by atoms with E-state index in [0.717, 1.165) is 48.7 Å². The largest absolute Gasteiger partial charge is 0.573 e. The van der Waals surface area contributed by atoms with E-state index in [-0.39, 0.29) is 17.6 Å². The molecule has 9 nitrogen and oxygen atoms in total. The molecule has 2 aliphatic rings. The molecular weight excluding hydrogens is 511 g/mol. The summed E-state index contributed by atoms with van der Waals surface area (Å²) < 4.78 is 42.8. The van der Waals surface area contributed by atoms with Gasteiger partial charge in [0, 0.05) is 23.2 Å². The van der Waals surface area contributed by atoms with Gasteiger partial charge in [0.15, 0.2) is 5.82 Å². The number of aromatic amines is 1. The number of carbonyl (C=O) groups is 1. The molecule has 0 spiro atoms. The Hall–Kier alpha value is -4.35. The van der Waals surface area contributed by atoms with E-state index in [4.69, 9.17) is 4.98 Å². The molecule has 2 N–H and O–H groups in total. The fourth-order valence-corrected chi connectivity index (χ4v) is 5.47. The van der Waals surface area contributed by atoms with Crippen LogP contribution in [-0.4, -0.2) is 44.5 Å². The van der Waals surface area contributed by atoms with E-state index in [2.05, 4.69) is 30.1 Å². The molecule has 0 unspecified atom stereocenters. The molecule has 3 heterocycles. The molecule has 1 atom stereocenters. The Morgan fingerprint density at radius 2 is 1.90 bits per heavy atom. The van der Waals surface area contributed by atoms with Crippen LogP contribution in [0, 0.1) is 0 Å². The Morgan fingerprint density at radius 3 is 2.69 bits per heavy atom. The third-order valence-corrected chi connectivity index (χ3v) is 7.20. The van der Waals surface area contributed by atoms with Crippen molar-refractivity contribution in [2.45, 2.75) is 57.5 Å². The molecule has 4 aromatic rings. The number of hydrogen-bond acceptors (Lipinski definition) is 7. The Kier molecular flexibility index (Phi) is 6.24. The standard InChI is InChI=1S/C27H26F3N7O2/c1-16-25(38)37(20-8-5-9-21(13-20)39-27(28,29)30)23-15-31-26(33-18-10-11-22-17(12-18)14-32-35-22)34-24(23)36(16)19-6-3-2-4-7-19/h5,8-16,19H,2-4,6-7H2,1H3,(H,32,35)(H,31,33,34)/t16-/m1/s1. The fraction of sp³-hybridized carbons (Fsp3) is 0.333. The van der Waals surface area contributed by atoms with Crippen LogP contribution in [0.1, 0.15) is 39.0 Å². The van der Waals surface area contributed by atoms with Gasteiger partial charge < -0.3 is 15.0 Å². The van der Waals surface area contributed by atoms with Gasteiger partial charge in [0.2, 0.25) is 5.95 Å². The molecule has 2 aromatic carbocycles. The molecule has 202 valence electrons. The highest BCUT2D eigenvalue weighted by Gasteiger charge is 2.41. The van der Waals surface area contributed by atoms with Crippen LogP contribution < -0.4 is 19.9 Å². The van der Waals surface area contributed by atoms with Gasteiger partial charge in [-0.2, -0.15) is 10.1 Å². The van der Waals surface area contributed by atoms with E-state index in [1.54, 1.807) is 12.3 Å². The Bertz CT molecular complexity index is 1520. The summed E-state index contributed by atoms with van der Waals surface area (Å²) in [6.07, 6.45) is 3.52. The Morgan fingerprint density at radius 1 is 1.08 bits per heavy atom. The third-order valence-electron chi connectivity index (χ3n) is 7.20. The maximum absolute atomic E-state index is 13.8. The Labute approximate surface area is 222 Å². The number of H-pyrrole nitrogens is 1. The minimum atomic E-state index is -4.85. The molecular formula is C27H26F3N7O2. The van der Waals surface area contributed by atoms with Crippen LogP contribution in [0.25, 0.3) is 10.9 Å². The molecule has 1 fully saturated rings. The number of ether oxygens (including phenoxy) is 1. The SMILES string of the molecule is C[C@@H]1C(=O)N(c2cccc(OC(F)(F)F)c2)c2cnc(Nc3ccc4[nH]ncc4c3)nc2N1C1CCCCC1. The monoisotopic (exact) mass is 537 g/mol. The first-order valence-corrected chi connectivity index (χ1v) is 12.8. The van der Waals surface area contributed by atoms with Gasteiger partial charge in [-0.25, -0.2) is 4.98 Å². The van der Waals surface area contributed by atoms with Crippen LogP contribution in [0.2, 0.25) is 0 Å². The highest BCUT2D eigenvalue weighted by atomic mass is 19.4. The summed E-state index contributed by atoms with van der Waals surface area (Å²) in [4.78, 5) is 26.5. The van der Waals surface area contributed by atoms with Crippen molar-refractivity contribution in [3.63, 3.8) is 0 Å². The van der Waals surface area contributed by atoms with Crippen molar-refractivity contribution in [1.29, 1.82) is 0 Å². The number of hydrogen-bond donors (Lipinski definition) is 2. The van der Waals surface area contributed by atoms with E-state index >= 15 is 0 Å². The van der Waals surface area contributed by atoms with Gasteiger partial charge in [-0.1, -0.05) is 25.3 Å². The van der Waals surface area contributed by atoms with E-state index in [1.807, 2.05) is 25.1 Å². The number of carbonyl (C=O) groups excluding carboxylic acids is 1. The van der Waals surface area contributed by atoms with Gasteiger partial charge in [-0.05, 0) is 50.1 Å². The smallest absolute Gasteiger partial charge is 0.406 e. The number of nitrogens with one attached hydrogen (secondary N) is 2. The number of anilines is 5. The number of nitrogens with zero attached hydrogens (tertiary/aromatic N) is 5. The van der Waals surface area contributed by atoms with Gasteiger partial charge in [-0.15, -0.1) is 13.2 Å². The predicted molar refractivity (Wildman–Crippen MR) is 140 cm³/mol. The zero-order chi connectivity index (χ0) is 27.1. The second-order valence-electron chi connectivity index (χ2n) is 9.79. The number of rotatable bonds is 5. The van der Waals surface area contributed by atoms with Crippen LogP contribution >= 0.6 is 0 Å². The van der Waals surface area contributed by atoms with Gasteiger partial charge in [-0.3, -0.25) is 14.8 Å². The van der Waals surface area contributed by atoms with Crippen LogP contribution in [-0.2, 0) is 4.79 Å². The highest BCUT2D eigenvalue weighted by Crippen LogP contribution is 2.43. The van der Waals surface area contributed by atoms with Crippen LogP contribution in [0.5, 0.6) is 5.75 Å². The van der Waals surface area contributed by atoms with Gasteiger partial charge in [0.1, 0.15) is 17.5 Å². The number of benzene rings is 2. The van der Waals surface area contributed by atoms with E-state index in [0.29, 0.717) is 17.5 Å². The van der Waals surface area contributed by atoms with Gasteiger partial charge in [0.05, 0.1) is 23.6 Å². The highest BCUT2D eigenvalue weighted by molar-refractivity contribution is 6.10. The first-order valence-electron chi connectivity index (χ1n) is 12.8. The molecule has 12 heteroatoms. The summed E-state index contributed by atoms with van der Waals surface area (Å²) in [7, 11) is 0. The average molecular weight is 538 g/mol. The maximum atomic E-state index is 13.8. The summed E-state index contributed by atoms with van der Waals surface area (Å²) in [5.74, 6) is 0.212. The van der Waals surface area contributed by atoms with Crippen molar-refractivity contribution in [2.24, 2.45) is 0 Å². The van der Waals surface area contributed by atoms with Crippen molar-refractivity contribution in [3.8, 4) is 5.75 Å². The van der Waals surface area contributed by atoms with Crippen molar-refractivity contribution < 1.29 is 22.7 Å². The second kappa shape index (κ2) is 9.75. The van der Waals surface area contributed by atoms with Crippen LogP contribution in [0.4, 0.5) is 42.0 Å². The number of amides is 1. The Balaban J connectivity index is 1.41. The molecule has 1 amide bonds. The van der Waals surface area contributed by atoms with E-state index in [9.17, 15) is 18.0 Å². The molecule has 0 saturated heterocycles. The van der Waals surface area contributed by atoms with Crippen molar-refractivity contribution >= 4 is 45.6 Å². The molecule has 0 bridgehead atoms. The summed E-state index contributed by atoms with van der Waals surface area (Å²) in [6.45, 7) is 1.81. The maximum Gasteiger partial charge on any atom is 0.573 e. The van der Waals surface area contributed by atoms with E-state index in [1.165, 1.54) is 29.3 Å². The lowest BCUT2D eigenvalue weighted by Gasteiger charge is -2.45. The zero-order valence-corrected chi connectivity index (χ0v) is 21.1. The van der Waals surface area contributed by atoms with Crippen molar-refractivity contribution in [1.82, 2.24) is 20.2 Å². The molecule has 1 saturated carbocycles. The number of fused-ring (bicyclic) bond motifs is 2. The first kappa shape index (κ1) is 25.0. The van der Waals surface area contributed by atoms with Gasteiger partial charge in [0.25, 0.3) is 5.91 Å². The topological polar surface area (TPSA) is 99.3 Å². The molecule has 0 radical (unpaired) electrons. The lowest BCUT2D eigenvalue weighted by molar-refractivity contribution is -0.274. The number of aromatic nitrogens is 4. The summed E-state index contributed by atoms with van der Waals surface area (Å²) >= 11 is 0. The van der Waals surface area contributed by atoms with Crippen molar-refractivity contribution in [2.75, 3.05) is 15.1 Å². The molecule has 6 rings (SSSR count). The fourth-order valence-electron chi connectivity index (χ4n) is 5.47. The van der Waals surface area contributed by atoms with Gasteiger partial charge >= 0.3 is 6.36 Å². The molecule has 1 aliphatic heterocycles. The number of alkyl halides is 3. The first-order chi connectivity index (χ1) is 18.8. The third kappa shape index (κ3) is 4.93. The quantitative estimate of drug-likeness (QED) is 0.313. The van der Waals surface area contributed by atoms with Crippen LogP contribution in [0.15, 0.2) is 54.9 Å². The number of halogens is 3. The normalized spacial score (nSPS) is 18.4. The second-order valence-corrected chi connectivity index (χ2v) is 9.79. The minimum absolute atomic E-state index is 0.114. The summed E-state index contributed by atoms with van der Waals surface area (Å²) in [5.41, 5.74) is 2.31. The molecule has 1 aliphatic carbocycles. The van der Waals surface area contributed by atoms with Crippen LogP contribution in [0.3, 0.4) is 0 Å². The molecule has 2 aromatic heterocycles. The van der Waals surface area contributed by atoms with Crippen molar-refractivity contribution in [3.05, 3.63) is 54.9 Å². The average Bonchev–Trinajstić information content (AvgIpc) is 3.37. The predicted octanol–water partition coefficient (Wildman–Crippen LogP) is 6.20. The summed E-state index contributed by atoms with van der Waals surface area (Å²) in [6, 6.07) is 10.6. The molecule has 39 heavy (non-hydrogen) atoms. The van der Waals surface area contributed by atoms with E-state index < -0.39 is 18.2 Å².